The molecule has 0 aliphatic carbocycles. The summed E-state index contributed by atoms with van der Waals surface area (Å²) >= 11 is 1.56. The minimum absolute atomic E-state index is 0.545. The van der Waals surface area contributed by atoms with Crippen LogP contribution in [0, 0.1) is 0 Å². The van der Waals surface area contributed by atoms with Gasteiger partial charge in [0.15, 0.2) is 10.9 Å². The molecule has 5 nitrogen and oxygen atoms in total. The average Bonchev–Trinajstić information content (AvgIpc) is 2.94. The SMILES string of the molecule is COCCCN1C(=Nc2cccnc2)SC[C@]1(O)c1ccccc1. The molecule has 1 atom stereocenters. The van der Waals surface area contributed by atoms with Crippen LogP contribution in [0.4, 0.5) is 5.69 Å². The average molecular weight is 343 g/mol. The number of methoxy groups -OCH3 is 1. The van der Waals surface area contributed by atoms with Crippen molar-refractivity contribution >= 4 is 22.6 Å². The summed E-state index contributed by atoms with van der Waals surface area (Å²) in [6.45, 7) is 1.32. The number of aromatic nitrogens is 1. The highest BCUT2D eigenvalue weighted by Gasteiger charge is 2.44. The Balaban J connectivity index is 1.91. The number of hydrogen-bond acceptors (Lipinski definition) is 5. The van der Waals surface area contributed by atoms with Crippen molar-refractivity contribution in [3.8, 4) is 0 Å². The first-order valence-corrected chi connectivity index (χ1v) is 8.88. The van der Waals surface area contributed by atoms with Crippen LogP contribution in [0.3, 0.4) is 0 Å². The van der Waals surface area contributed by atoms with Gasteiger partial charge in [-0.15, -0.1) is 0 Å². The summed E-state index contributed by atoms with van der Waals surface area (Å²) in [7, 11) is 1.69. The molecular weight excluding hydrogens is 322 g/mol. The highest BCUT2D eigenvalue weighted by atomic mass is 32.2. The molecule has 24 heavy (non-hydrogen) atoms. The Morgan fingerprint density at radius 3 is 2.83 bits per heavy atom. The van der Waals surface area contributed by atoms with Crippen LogP contribution in [0.1, 0.15) is 12.0 Å². The molecule has 2 heterocycles. The fourth-order valence-electron chi connectivity index (χ4n) is 2.69. The molecule has 6 heteroatoms. The van der Waals surface area contributed by atoms with Crippen LogP contribution in [-0.2, 0) is 10.5 Å². The van der Waals surface area contributed by atoms with Crippen molar-refractivity contribution in [2.75, 3.05) is 26.0 Å². The molecule has 1 saturated heterocycles. The molecule has 1 aliphatic rings. The van der Waals surface area contributed by atoms with Crippen LogP contribution in [-0.4, -0.2) is 46.2 Å². The van der Waals surface area contributed by atoms with Gasteiger partial charge in [0.25, 0.3) is 0 Å². The van der Waals surface area contributed by atoms with Crippen molar-refractivity contribution in [1.29, 1.82) is 0 Å². The Hall–Kier alpha value is -1.89. The van der Waals surface area contributed by atoms with Gasteiger partial charge in [-0.2, -0.15) is 0 Å². The van der Waals surface area contributed by atoms with E-state index in [1.54, 1.807) is 31.3 Å². The van der Waals surface area contributed by atoms with Gasteiger partial charge < -0.3 is 14.7 Å². The number of pyridine rings is 1. The summed E-state index contributed by atoms with van der Waals surface area (Å²) in [5.74, 6) is 0.545. The molecular formula is C18H21N3O2S. The predicted molar refractivity (Wildman–Crippen MR) is 97.3 cm³/mol. The van der Waals surface area contributed by atoms with Crippen molar-refractivity contribution in [2.24, 2.45) is 4.99 Å². The lowest BCUT2D eigenvalue weighted by Gasteiger charge is -2.34. The highest BCUT2D eigenvalue weighted by molar-refractivity contribution is 8.14. The fraction of sp³-hybridized carbons (Fsp3) is 0.333. The molecule has 1 aliphatic heterocycles. The third-order valence-electron chi connectivity index (χ3n) is 3.92. The molecule has 3 rings (SSSR count). The second kappa shape index (κ2) is 7.79. The van der Waals surface area contributed by atoms with E-state index in [2.05, 4.69) is 9.98 Å². The number of thioether (sulfide) groups is 1. The Bertz CT molecular complexity index is 681. The van der Waals surface area contributed by atoms with E-state index in [0.717, 1.165) is 22.8 Å². The van der Waals surface area contributed by atoms with Crippen molar-refractivity contribution in [2.45, 2.75) is 12.1 Å². The molecule has 1 fully saturated rings. The summed E-state index contributed by atoms with van der Waals surface area (Å²) in [5.41, 5.74) is 0.612. The number of rotatable bonds is 6. The fourth-order valence-corrected chi connectivity index (χ4v) is 3.92. The maximum atomic E-state index is 11.3. The molecule has 0 saturated carbocycles. The van der Waals surface area contributed by atoms with Gasteiger partial charge >= 0.3 is 0 Å². The number of amidine groups is 1. The minimum atomic E-state index is -1.05. The number of hydrogen-bond donors (Lipinski definition) is 1. The van der Waals surface area contributed by atoms with Gasteiger partial charge in [0.1, 0.15) is 0 Å². The predicted octanol–water partition coefficient (Wildman–Crippen LogP) is 3.00. The third kappa shape index (κ3) is 3.61. The van der Waals surface area contributed by atoms with E-state index in [9.17, 15) is 5.11 Å². The summed E-state index contributed by atoms with van der Waals surface area (Å²) in [6.07, 6.45) is 4.27. The Kier molecular flexibility index (Phi) is 5.50. The molecule has 2 aromatic rings. The van der Waals surface area contributed by atoms with E-state index >= 15 is 0 Å². The maximum absolute atomic E-state index is 11.3. The first kappa shape index (κ1) is 17.0. The van der Waals surface area contributed by atoms with Gasteiger partial charge in [0.2, 0.25) is 0 Å². The van der Waals surface area contributed by atoms with Crippen LogP contribution in [0.5, 0.6) is 0 Å². The van der Waals surface area contributed by atoms with E-state index < -0.39 is 5.72 Å². The normalized spacial score (nSPS) is 22.2. The maximum Gasteiger partial charge on any atom is 0.175 e. The van der Waals surface area contributed by atoms with Gasteiger partial charge in [-0.25, -0.2) is 4.99 Å². The van der Waals surface area contributed by atoms with E-state index in [1.807, 2.05) is 47.4 Å². The lowest BCUT2D eigenvalue weighted by molar-refractivity contribution is -0.0498. The molecule has 0 amide bonds. The molecule has 0 bridgehead atoms. The summed E-state index contributed by atoms with van der Waals surface area (Å²) in [4.78, 5) is 10.8. The summed E-state index contributed by atoms with van der Waals surface area (Å²) in [6, 6.07) is 13.5. The van der Waals surface area contributed by atoms with Crippen molar-refractivity contribution in [3.05, 3.63) is 60.4 Å². The summed E-state index contributed by atoms with van der Waals surface area (Å²) < 4.78 is 5.16. The number of aliphatic imine (C=N–C) groups is 1. The quantitative estimate of drug-likeness (QED) is 0.817. The lowest BCUT2D eigenvalue weighted by Crippen LogP contribution is -2.45. The number of aliphatic hydroxyl groups is 1. The Morgan fingerprint density at radius 2 is 2.12 bits per heavy atom. The number of nitrogens with zero attached hydrogens (tertiary/aromatic N) is 3. The molecule has 0 unspecified atom stereocenters. The van der Waals surface area contributed by atoms with Gasteiger partial charge in [0, 0.05) is 32.0 Å². The molecule has 1 aromatic carbocycles. The molecule has 1 aromatic heterocycles. The van der Waals surface area contributed by atoms with Crippen LogP contribution < -0.4 is 0 Å². The smallest absolute Gasteiger partial charge is 0.175 e. The molecule has 0 radical (unpaired) electrons. The first-order chi connectivity index (χ1) is 11.7. The lowest BCUT2D eigenvalue weighted by atomic mass is 10.0. The van der Waals surface area contributed by atoms with Crippen molar-refractivity contribution in [1.82, 2.24) is 9.88 Å². The molecule has 126 valence electrons. The zero-order chi connectivity index (χ0) is 16.8. The van der Waals surface area contributed by atoms with Crippen molar-refractivity contribution < 1.29 is 9.84 Å². The minimum Gasteiger partial charge on any atom is -0.385 e. The zero-order valence-corrected chi connectivity index (χ0v) is 14.4. The summed E-state index contributed by atoms with van der Waals surface area (Å²) in [5, 5.41) is 12.1. The molecule has 0 spiro atoms. The van der Waals surface area contributed by atoms with Crippen LogP contribution in [0.25, 0.3) is 0 Å². The second-order valence-electron chi connectivity index (χ2n) is 5.57. The highest BCUT2D eigenvalue weighted by Crippen LogP contribution is 2.39. The van der Waals surface area contributed by atoms with Crippen LogP contribution in [0.15, 0.2) is 59.9 Å². The monoisotopic (exact) mass is 343 g/mol. The largest absolute Gasteiger partial charge is 0.385 e. The first-order valence-electron chi connectivity index (χ1n) is 7.90. The van der Waals surface area contributed by atoms with Crippen LogP contribution >= 0.6 is 11.8 Å². The third-order valence-corrected chi connectivity index (χ3v) is 5.03. The van der Waals surface area contributed by atoms with Gasteiger partial charge in [0.05, 0.1) is 17.6 Å². The van der Waals surface area contributed by atoms with Crippen LogP contribution in [0.2, 0.25) is 0 Å². The standard InChI is InChI=1S/C18H21N3O2S/c1-23-12-6-11-21-17(20-16-9-5-10-19-13-16)24-14-18(21,22)15-7-3-2-4-8-15/h2-5,7-10,13,22H,6,11-12,14H2,1H3/t18-/m0/s1. The Labute approximate surface area is 146 Å². The van der Waals surface area contributed by atoms with E-state index in [4.69, 9.17) is 4.74 Å². The van der Waals surface area contributed by atoms with Gasteiger partial charge in [-0.1, -0.05) is 42.1 Å². The Morgan fingerprint density at radius 1 is 1.29 bits per heavy atom. The number of benzene rings is 1. The van der Waals surface area contributed by atoms with Gasteiger partial charge in [-0.05, 0) is 18.6 Å². The van der Waals surface area contributed by atoms with E-state index in [1.165, 1.54) is 0 Å². The van der Waals surface area contributed by atoms with Crippen molar-refractivity contribution in [3.63, 3.8) is 0 Å². The topological polar surface area (TPSA) is 58.0 Å². The van der Waals surface area contributed by atoms with E-state index in [0.29, 0.717) is 18.9 Å². The second-order valence-corrected chi connectivity index (χ2v) is 6.52. The van der Waals surface area contributed by atoms with Gasteiger partial charge in [-0.3, -0.25) is 4.98 Å². The number of ether oxygens (including phenoxy) is 1. The zero-order valence-electron chi connectivity index (χ0n) is 13.6. The van der Waals surface area contributed by atoms with E-state index in [-0.39, 0.29) is 0 Å². The molecule has 1 N–H and O–H groups in total.